The molecule has 11 nitrogen and oxygen atoms in total. The predicted octanol–water partition coefficient (Wildman–Crippen LogP) is 1.75. The van der Waals surface area contributed by atoms with Crippen LogP contribution >= 0.6 is 0 Å². The number of carboxylic acids is 1. The van der Waals surface area contributed by atoms with E-state index in [4.69, 9.17) is 19.3 Å². The number of nitrogens with one attached hydrogen (secondary N) is 1. The number of hydrogen-bond acceptors (Lipinski definition) is 8. The van der Waals surface area contributed by atoms with E-state index < -0.39 is 5.97 Å². The van der Waals surface area contributed by atoms with Gasteiger partial charge in [0.1, 0.15) is 5.69 Å². The molecule has 0 spiro atoms. The van der Waals surface area contributed by atoms with Crippen molar-refractivity contribution in [2.45, 2.75) is 38.6 Å². The maximum absolute atomic E-state index is 12.8. The van der Waals surface area contributed by atoms with Gasteiger partial charge < -0.3 is 29.5 Å². The number of aliphatic carboxylic acids is 1. The number of carbonyl (C=O) groups excluding carboxylic acids is 3. The van der Waals surface area contributed by atoms with Gasteiger partial charge in [0.15, 0.2) is 0 Å². The molecular weight excluding hydrogens is 506 g/mol. The molecule has 39 heavy (non-hydrogen) atoms. The third kappa shape index (κ3) is 8.77. The van der Waals surface area contributed by atoms with Gasteiger partial charge in [-0.3, -0.25) is 9.59 Å². The molecule has 0 bridgehead atoms. The fourth-order valence-corrected chi connectivity index (χ4v) is 4.78. The lowest BCUT2D eigenvalue weighted by Gasteiger charge is -2.32. The van der Waals surface area contributed by atoms with Crippen molar-refractivity contribution < 1.29 is 38.5 Å². The van der Waals surface area contributed by atoms with Gasteiger partial charge in [-0.2, -0.15) is 4.48 Å². The Morgan fingerprint density at radius 3 is 2.05 bits per heavy atom. The Hall–Kier alpha value is -2.96. The van der Waals surface area contributed by atoms with Crippen LogP contribution in [0.15, 0.2) is 36.4 Å². The maximum atomic E-state index is 12.8. The zero-order chi connectivity index (χ0) is 28.1. The molecule has 0 aliphatic carbocycles. The highest BCUT2D eigenvalue weighted by atomic mass is 16.5. The minimum Gasteiger partial charge on any atom is -0.481 e. The van der Waals surface area contributed by atoms with Gasteiger partial charge in [-0.05, 0) is 31.4 Å². The van der Waals surface area contributed by atoms with Gasteiger partial charge in [-0.25, -0.2) is 9.59 Å². The molecule has 1 fully saturated rings. The minimum absolute atomic E-state index is 0.00786. The van der Waals surface area contributed by atoms with Gasteiger partial charge >= 0.3 is 17.8 Å². The molecule has 1 saturated heterocycles. The van der Waals surface area contributed by atoms with Crippen molar-refractivity contribution in [3.8, 4) is 0 Å². The smallest absolute Gasteiger partial charge is 0.351 e. The molecule has 0 saturated carbocycles. The quantitative estimate of drug-likeness (QED) is 0.170. The number of benzene rings is 1. The highest BCUT2D eigenvalue weighted by Crippen LogP contribution is 2.29. The van der Waals surface area contributed by atoms with Gasteiger partial charge in [0.25, 0.3) is 5.91 Å². The summed E-state index contributed by atoms with van der Waals surface area (Å²) in [7, 11) is 0. The Morgan fingerprint density at radius 2 is 1.49 bits per heavy atom. The van der Waals surface area contributed by atoms with Crippen LogP contribution in [0.5, 0.6) is 0 Å². The molecule has 3 amide bonds. The Morgan fingerprint density at radius 1 is 0.923 bits per heavy atom. The molecule has 0 unspecified atom stereocenters. The number of hydrogen-bond donors (Lipinski definition) is 2. The summed E-state index contributed by atoms with van der Waals surface area (Å²) >= 11 is 0. The molecule has 0 atom stereocenters. The van der Waals surface area contributed by atoms with Crippen molar-refractivity contribution >= 4 is 29.4 Å². The number of nitrogens with zero attached hydrogens (tertiary/aromatic N) is 2. The summed E-state index contributed by atoms with van der Waals surface area (Å²) in [6.45, 7) is 7.36. The first-order valence-electron chi connectivity index (χ1n) is 13.6. The van der Waals surface area contributed by atoms with Crippen molar-refractivity contribution in [3.63, 3.8) is 0 Å². The summed E-state index contributed by atoms with van der Waals surface area (Å²) in [5.74, 6) is -1.53. The summed E-state index contributed by atoms with van der Waals surface area (Å²) in [5.41, 5.74) is 1.09. The van der Waals surface area contributed by atoms with Gasteiger partial charge in [-0.15, -0.1) is 0 Å². The van der Waals surface area contributed by atoms with Crippen molar-refractivity contribution in [1.82, 2.24) is 14.7 Å². The number of carboxylic acid groups (broad SMARTS) is 1. The average molecular weight is 547 g/mol. The topological polar surface area (TPSA) is 131 Å². The number of rotatable bonds is 17. The Kier molecular flexibility index (Phi) is 12.2. The van der Waals surface area contributed by atoms with Crippen LogP contribution < -0.4 is 9.80 Å². The van der Waals surface area contributed by atoms with Crippen molar-refractivity contribution in [3.05, 3.63) is 42.0 Å². The molecule has 11 heteroatoms. The van der Waals surface area contributed by atoms with Gasteiger partial charge in [0, 0.05) is 43.4 Å². The highest BCUT2D eigenvalue weighted by molar-refractivity contribution is 6.23. The second kappa shape index (κ2) is 15.6. The first-order valence-corrected chi connectivity index (χ1v) is 13.6. The highest BCUT2D eigenvalue weighted by Gasteiger charge is 2.47. The zero-order valence-corrected chi connectivity index (χ0v) is 22.6. The van der Waals surface area contributed by atoms with Gasteiger partial charge in [0.2, 0.25) is 0 Å². The van der Waals surface area contributed by atoms with Crippen LogP contribution in [-0.4, -0.2) is 106 Å². The molecule has 2 N–H and O–H groups in total. The first kappa shape index (κ1) is 30.6. The normalized spacial score (nSPS) is 17.6. The Balaban J connectivity index is 1.30. The van der Waals surface area contributed by atoms with Gasteiger partial charge in [-0.1, -0.05) is 6.92 Å². The van der Waals surface area contributed by atoms with E-state index in [0.717, 1.165) is 32.5 Å². The van der Waals surface area contributed by atoms with E-state index in [1.165, 1.54) is 12.2 Å². The van der Waals surface area contributed by atoms with Crippen LogP contribution in [0.2, 0.25) is 0 Å². The number of piperidine rings is 1. The lowest BCUT2D eigenvalue weighted by atomic mass is 10.0. The van der Waals surface area contributed by atoms with E-state index >= 15 is 0 Å². The van der Waals surface area contributed by atoms with Crippen LogP contribution in [0.4, 0.5) is 5.69 Å². The summed E-state index contributed by atoms with van der Waals surface area (Å²) < 4.78 is 15.8. The first-order chi connectivity index (χ1) is 18.9. The van der Waals surface area contributed by atoms with Crippen LogP contribution in [0.3, 0.4) is 0 Å². The Labute approximate surface area is 229 Å². The van der Waals surface area contributed by atoms with E-state index in [2.05, 4.69) is 10.2 Å². The van der Waals surface area contributed by atoms with Crippen molar-refractivity contribution in [2.24, 2.45) is 0 Å². The number of quaternary nitrogens is 1. The molecule has 1 aromatic rings. The number of amides is 3. The number of imide groups is 1. The third-order valence-electron chi connectivity index (χ3n) is 6.93. The number of likely N-dealkylation sites (tertiary alicyclic amines) is 1. The van der Waals surface area contributed by atoms with E-state index in [9.17, 15) is 19.2 Å². The molecule has 2 heterocycles. The number of ether oxygens (including phenoxy) is 3. The molecule has 0 radical (unpaired) electrons. The summed E-state index contributed by atoms with van der Waals surface area (Å²) in [6, 6.07) is 6.86. The van der Waals surface area contributed by atoms with Crippen molar-refractivity contribution in [2.75, 3.05) is 65.8 Å². The molecule has 214 valence electrons. The maximum Gasteiger partial charge on any atom is 0.351 e. The van der Waals surface area contributed by atoms with E-state index in [1.807, 2.05) is 6.92 Å². The molecule has 2 aliphatic rings. The van der Waals surface area contributed by atoms with Crippen LogP contribution in [0.1, 0.15) is 43.0 Å². The summed E-state index contributed by atoms with van der Waals surface area (Å²) in [4.78, 5) is 50.6. The van der Waals surface area contributed by atoms with Crippen molar-refractivity contribution in [1.29, 1.82) is 0 Å². The van der Waals surface area contributed by atoms with Crippen LogP contribution in [0, 0.1) is 0 Å². The van der Waals surface area contributed by atoms with Gasteiger partial charge in [0.05, 0.1) is 64.8 Å². The fraction of sp³-hybridized carbons (Fsp3) is 0.571. The largest absolute Gasteiger partial charge is 0.481 e. The second-order valence-electron chi connectivity index (χ2n) is 9.66. The van der Waals surface area contributed by atoms with Crippen LogP contribution in [0.25, 0.3) is 0 Å². The van der Waals surface area contributed by atoms with E-state index in [1.54, 1.807) is 24.3 Å². The summed E-state index contributed by atoms with van der Waals surface area (Å²) in [6.07, 6.45) is 5.03. The lowest BCUT2D eigenvalue weighted by Crippen LogP contribution is -2.54. The molecule has 0 aromatic heterocycles. The molecule has 1 aromatic carbocycles. The summed E-state index contributed by atoms with van der Waals surface area (Å²) in [5, 5.41) is 11.6. The fourth-order valence-electron chi connectivity index (χ4n) is 4.78. The standard InChI is InChI=1S/C28H39N3O8/c1-2-15-31(25(32)7-8-26(31)33)24-5-3-22(4-6-24)28(36)29-23-9-12-30(13-10-23)14-17-38-19-21-39-20-18-37-16-11-27(34)35/h3-8,23H,2,9-21H2,1H3,(H-,29,34,35,36)/p+1. The zero-order valence-electron chi connectivity index (χ0n) is 22.6. The lowest BCUT2D eigenvalue weighted by molar-refractivity contribution is -0.138. The van der Waals surface area contributed by atoms with E-state index in [0.29, 0.717) is 57.3 Å². The Bertz CT molecular complexity index is 985. The van der Waals surface area contributed by atoms with Crippen LogP contribution in [-0.2, 0) is 28.6 Å². The van der Waals surface area contributed by atoms with E-state index in [-0.39, 0.29) is 41.3 Å². The molecule has 2 aliphatic heterocycles. The monoisotopic (exact) mass is 546 g/mol. The average Bonchev–Trinajstić information content (AvgIpc) is 3.22. The molecule has 3 rings (SSSR count). The predicted molar refractivity (Wildman–Crippen MR) is 144 cm³/mol. The second-order valence-corrected chi connectivity index (χ2v) is 9.66. The molecular formula is C28H40N3O8+. The SMILES string of the molecule is CCC[N+]1(c2ccc(C(=O)NC3CCN(CCOCCOCCOCCC(=O)O)CC3)cc2)C(=O)C=CC1=O. The third-order valence-corrected chi connectivity index (χ3v) is 6.93. The number of carbonyl (C=O) groups is 4. The minimum atomic E-state index is -0.878.